The number of nitrogens with zero attached hydrogens (tertiary/aromatic N) is 1. The number of fused-ring (bicyclic) bond motifs is 6. The molecular formula is C35H28N2. The summed E-state index contributed by atoms with van der Waals surface area (Å²) in [4.78, 5) is 5.17. The number of benzene rings is 4. The van der Waals surface area contributed by atoms with Gasteiger partial charge in [0.2, 0.25) is 0 Å². The molecule has 1 heterocycles. The van der Waals surface area contributed by atoms with E-state index in [0.717, 1.165) is 22.7 Å². The highest BCUT2D eigenvalue weighted by atomic mass is 15.0. The topological polar surface area (TPSA) is 24.4 Å². The summed E-state index contributed by atoms with van der Waals surface area (Å²) < 4.78 is 0. The van der Waals surface area contributed by atoms with Gasteiger partial charge in [0.15, 0.2) is 0 Å². The van der Waals surface area contributed by atoms with Crippen LogP contribution in [0.25, 0.3) is 16.8 Å². The first-order valence-electron chi connectivity index (χ1n) is 13.0. The molecule has 0 radical (unpaired) electrons. The standard InChI is InChI=1S/C35H28N2/c1-35-23-26(20-21-31(35)29-17-9-8-16-27(29)28-18-10-11-19-30(28)35)34-36-32(24-12-4-2-5-13-24)22-33(37-34)25-14-6-3-7-15-25/h2-23,31-32H,1H3,(H,36,37). The van der Waals surface area contributed by atoms with Crippen LogP contribution < -0.4 is 5.32 Å². The predicted molar refractivity (Wildman–Crippen MR) is 153 cm³/mol. The van der Waals surface area contributed by atoms with Crippen LogP contribution >= 0.6 is 0 Å². The van der Waals surface area contributed by atoms with Crippen LogP contribution in [-0.2, 0) is 5.41 Å². The molecule has 178 valence electrons. The summed E-state index contributed by atoms with van der Waals surface area (Å²) >= 11 is 0. The Kier molecular flexibility index (Phi) is 5.07. The number of aliphatic imine (C=N–C) groups is 1. The van der Waals surface area contributed by atoms with Crippen molar-refractivity contribution < 1.29 is 0 Å². The molecule has 0 saturated carbocycles. The zero-order valence-corrected chi connectivity index (χ0v) is 20.8. The maximum Gasteiger partial charge on any atom is 0.134 e. The normalized spacial score (nSPS) is 23.4. The molecule has 1 N–H and O–H groups in total. The molecule has 0 aromatic heterocycles. The molecule has 3 aliphatic rings. The summed E-state index contributed by atoms with van der Waals surface area (Å²) in [5.41, 5.74) is 9.75. The monoisotopic (exact) mass is 476 g/mol. The van der Waals surface area contributed by atoms with E-state index in [2.05, 4.69) is 146 Å². The van der Waals surface area contributed by atoms with Gasteiger partial charge >= 0.3 is 0 Å². The fourth-order valence-corrected chi connectivity index (χ4v) is 6.18. The van der Waals surface area contributed by atoms with Crippen LogP contribution in [0.2, 0.25) is 0 Å². The second-order valence-electron chi connectivity index (χ2n) is 10.3. The van der Waals surface area contributed by atoms with Gasteiger partial charge in [0.1, 0.15) is 5.84 Å². The quantitative estimate of drug-likeness (QED) is 0.318. The van der Waals surface area contributed by atoms with Crippen LogP contribution in [0.3, 0.4) is 0 Å². The fraction of sp³-hybridized carbons (Fsp3) is 0.114. The van der Waals surface area contributed by atoms with Gasteiger partial charge in [0, 0.05) is 16.9 Å². The van der Waals surface area contributed by atoms with E-state index in [9.17, 15) is 0 Å². The fourth-order valence-electron chi connectivity index (χ4n) is 6.18. The molecular weight excluding hydrogens is 448 g/mol. The second kappa shape index (κ2) is 8.60. The Hall–Kier alpha value is -4.43. The third-order valence-electron chi connectivity index (χ3n) is 8.01. The van der Waals surface area contributed by atoms with Crippen molar-refractivity contribution >= 4 is 11.5 Å². The highest BCUT2D eigenvalue weighted by molar-refractivity contribution is 6.05. The SMILES string of the molecule is CC12C=C(C3=NC(c4ccccc4)=CC(c4ccccc4)N3)C=CC1c1ccccc1-c1ccccc12. The van der Waals surface area contributed by atoms with E-state index in [1.807, 2.05) is 0 Å². The van der Waals surface area contributed by atoms with Crippen LogP contribution in [0.1, 0.15) is 41.1 Å². The van der Waals surface area contributed by atoms with Crippen LogP contribution in [-0.4, -0.2) is 5.84 Å². The van der Waals surface area contributed by atoms with Crippen molar-refractivity contribution in [3.05, 3.63) is 161 Å². The molecule has 1 aliphatic heterocycles. The number of allylic oxidation sites excluding steroid dienone is 2. The van der Waals surface area contributed by atoms with Crippen molar-refractivity contribution in [2.75, 3.05) is 0 Å². The van der Waals surface area contributed by atoms with Gasteiger partial charge in [-0.1, -0.05) is 134 Å². The molecule has 0 spiro atoms. The second-order valence-corrected chi connectivity index (χ2v) is 10.3. The van der Waals surface area contributed by atoms with E-state index in [-0.39, 0.29) is 17.4 Å². The Bertz CT molecular complexity index is 1610. The first-order valence-corrected chi connectivity index (χ1v) is 13.0. The molecule has 0 bridgehead atoms. The lowest BCUT2D eigenvalue weighted by Crippen LogP contribution is -2.37. The summed E-state index contributed by atoms with van der Waals surface area (Å²) in [6, 6.07) is 38.9. The molecule has 2 nitrogen and oxygen atoms in total. The summed E-state index contributed by atoms with van der Waals surface area (Å²) in [5.74, 6) is 1.20. The summed E-state index contributed by atoms with van der Waals surface area (Å²) in [5, 5.41) is 3.75. The molecule has 0 amide bonds. The van der Waals surface area contributed by atoms with Crippen molar-refractivity contribution in [3.63, 3.8) is 0 Å². The number of hydrogen-bond acceptors (Lipinski definition) is 2. The third kappa shape index (κ3) is 3.60. The molecule has 0 fully saturated rings. The Morgan fingerprint density at radius 2 is 1.41 bits per heavy atom. The van der Waals surface area contributed by atoms with E-state index in [4.69, 9.17) is 4.99 Å². The van der Waals surface area contributed by atoms with E-state index in [1.54, 1.807) is 0 Å². The molecule has 4 aromatic carbocycles. The molecule has 7 rings (SSSR count). The largest absolute Gasteiger partial charge is 0.359 e. The number of rotatable bonds is 3. The van der Waals surface area contributed by atoms with Crippen molar-refractivity contribution in [1.29, 1.82) is 0 Å². The van der Waals surface area contributed by atoms with Gasteiger partial charge in [-0.25, -0.2) is 4.99 Å². The number of amidine groups is 1. The zero-order valence-electron chi connectivity index (χ0n) is 20.8. The molecule has 2 heteroatoms. The lowest BCUT2D eigenvalue weighted by atomic mass is 9.60. The highest BCUT2D eigenvalue weighted by Gasteiger charge is 2.42. The van der Waals surface area contributed by atoms with Gasteiger partial charge in [-0.15, -0.1) is 0 Å². The van der Waals surface area contributed by atoms with Gasteiger partial charge in [0.05, 0.1) is 11.7 Å². The lowest BCUT2D eigenvalue weighted by Gasteiger charge is -2.43. The van der Waals surface area contributed by atoms with Gasteiger partial charge in [-0.2, -0.15) is 0 Å². The van der Waals surface area contributed by atoms with E-state index in [0.29, 0.717) is 0 Å². The van der Waals surface area contributed by atoms with Crippen molar-refractivity contribution in [2.24, 2.45) is 4.99 Å². The molecule has 2 aliphatic carbocycles. The van der Waals surface area contributed by atoms with Crippen LogP contribution in [0.15, 0.2) is 144 Å². The predicted octanol–water partition coefficient (Wildman–Crippen LogP) is 7.99. The van der Waals surface area contributed by atoms with Crippen molar-refractivity contribution in [3.8, 4) is 11.1 Å². The summed E-state index contributed by atoms with van der Waals surface area (Å²) in [6.07, 6.45) is 9.32. The van der Waals surface area contributed by atoms with Gasteiger partial charge in [-0.05, 0) is 39.5 Å². The van der Waals surface area contributed by atoms with Crippen LogP contribution in [0, 0.1) is 0 Å². The zero-order chi connectivity index (χ0) is 24.8. The molecule has 4 aromatic rings. The van der Waals surface area contributed by atoms with Crippen molar-refractivity contribution in [1.82, 2.24) is 5.32 Å². The van der Waals surface area contributed by atoms with E-state index >= 15 is 0 Å². The van der Waals surface area contributed by atoms with Gasteiger partial charge in [0.25, 0.3) is 0 Å². The minimum Gasteiger partial charge on any atom is -0.359 e. The van der Waals surface area contributed by atoms with Crippen LogP contribution in [0.5, 0.6) is 0 Å². The maximum absolute atomic E-state index is 5.17. The Balaban J connectivity index is 1.36. The molecule has 0 saturated heterocycles. The first kappa shape index (κ1) is 21.8. The Morgan fingerprint density at radius 1 is 0.730 bits per heavy atom. The molecule has 37 heavy (non-hydrogen) atoms. The maximum atomic E-state index is 5.17. The first-order chi connectivity index (χ1) is 18.2. The average molecular weight is 477 g/mol. The summed E-state index contributed by atoms with van der Waals surface area (Å²) in [7, 11) is 0. The highest BCUT2D eigenvalue weighted by Crippen LogP contribution is 2.53. The van der Waals surface area contributed by atoms with Gasteiger partial charge < -0.3 is 5.32 Å². The van der Waals surface area contributed by atoms with Crippen molar-refractivity contribution in [2.45, 2.75) is 24.3 Å². The number of nitrogens with one attached hydrogen (secondary N) is 1. The molecule has 3 unspecified atom stereocenters. The summed E-state index contributed by atoms with van der Waals surface area (Å²) in [6.45, 7) is 2.38. The molecule has 3 atom stereocenters. The van der Waals surface area contributed by atoms with Gasteiger partial charge in [-0.3, -0.25) is 0 Å². The lowest BCUT2D eigenvalue weighted by molar-refractivity contribution is 0.516. The Morgan fingerprint density at radius 3 is 2.22 bits per heavy atom. The third-order valence-corrected chi connectivity index (χ3v) is 8.01. The van der Waals surface area contributed by atoms with E-state index < -0.39 is 0 Å². The Labute approximate surface area is 218 Å². The minimum atomic E-state index is -0.171. The van der Waals surface area contributed by atoms with Crippen LogP contribution in [0.4, 0.5) is 0 Å². The minimum absolute atomic E-state index is 0.0445. The smallest absolute Gasteiger partial charge is 0.134 e. The average Bonchev–Trinajstić information content (AvgIpc) is 2.98. The number of hydrogen-bond donors (Lipinski definition) is 1. The van der Waals surface area contributed by atoms with E-state index in [1.165, 1.54) is 27.8 Å².